The van der Waals surface area contributed by atoms with E-state index in [0.717, 1.165) is 0 Å². The van der Waals surface area contributed by atoms with E-state index >= 15 is 0 Å². The van der Waals surface area contributed by atoms with Gasteiger partial charge in [-0.15, -0.1) is 0 Å². The molecule has 2 amide bonds. The van der Waals surface area contributed by atoms with Crippen LogP contribution in [0.5, 0.6) is 0 Å². The summed E-state index contributed by atoms with van der Waals surface area (Å²) in [5.41, 5.74) is 6.73. The van der Waals surface area contributed by atoms with Gasteiger partial charge in [0.2, 0.25) is 11.6 Å². The minimum absolute atomic E-state index is 0.0264. The molecular formula is C33H50N4O8. The lowest BCUT2D eigenvalue weighted by Gasteiger charge is -2.30. The van der Waals surface area contributed by atoms with Crippen molar-refractivity contribution in [2.75, 3.05) is 48.5 Å². The van der Waals surface area contributed by atoms with Crippen molar-refractivity contribution in [3.63, 3.8) is 0 Å². The number of ether oxygens (including phenoxy) is 3. The Morgan fingerprint density at radius 2 is 1.82 bits per heavy atom. The Hall–Kier alpha value is -3.58. The maximum atomic E-state index is 13.9. The van der Waals surface area contributed by atoms with Gasteiger partial charge >= 0.3 is 6.09 Å². The van der Waals surface area contributed by atoms with Crippen LogP contribution >= 0.6 is 0 Å². The average Bonchev–Trinajstić information content (AvgIpc) is 2.98. The number of hydrogen-bond acceptors (Lipinski definition) is 10. The first-order valence-corrected chi connectivity index (χ1v) is 15.1. The van der Waals surface area contributed by atoms with Crippen molar-refractivity contribution in [2.24, 2.45) is 17.6 Å². The maximum absolute atomic E-state index is 13.9. The van der Waals surface area contributed by atoms with Crippen molar-refractivity contribution >= 4 is 23.6 Å². The zero-order chi connectivity index (χ0) is 34.0. The number of aliphatic hydroxyl groups is 1. The van der Waals surface area contributed by atoms with Crippen LogP contribution < -0.4 is 11.1 Å². The zero-order valence-electron chi connectivity index (χ0n) is 28.0. The molecule has 12 nitrogen and oxygen atoms in total. The Labute approximate surface area is 266 Å². The standard InChI is InChI=1S/C33H50N4O8/c1-19-15-23-28(35-13-14-36(5)6)25(38)18-24(30(23)40)37(7)32(41)20(2)11-10-12-26(43-8)31(45-33(34)42)22(4)17-21(3)29(39)27(16-19)44-9/h10-12,17-19,21,26-27,29,31,35,39H,13-16H2,1-9H3,(H2,34,42)/b12-10-,20-11+,22-17+. The minimum atomic E-state index is -0.995. The fourth-order valence-corrected chi connectivity index (χ4v) is 5.47. The number of nitrogens with one attached hydrogen (secondary N) is 1. The summed E-state index contributed by atoms with van der Waals surface area (Å²) in [5.74, 6) is -1.92. The number of rotatable bonds is 7. The lowest BCUT2D eigenvalue weighted by molar-refractivity contribution is -0.127. The van der Waals surface area contributed by atoms with Crippen LogP contribution in [0.15, 0.2) is 58.5 Å². The van der Waals surface area contributed by atoms with Gasteiger partial charge in [-0.1, -0.05) is 38.2 Å². The smallest absolute Gasteiger partial charge is 0.405 e. The highest BCUT2D eigenvalue weighted by Crippen LogP contribution is 2.30. The molecule has 0 aromatic heterocycles. The van der Waals surface area contributed by atoms with Gasteiger partial charge in [-0.25, -0.2) is 4.79 Å². The molecule has 2 rings (SSSR count). The van der Waals surface area contributed by atoms with Gasteiger partial charge in [-0.3, -0.25) is 14.4 Å². The maximum Gasteiger partial charge on any atom is 0.405 e. The van der Waals surface area contributed by atoms with Crippen molar-refractivity contribution in [3.8, 4) is 0 Å². The molecule has 250 valence electrons. The van der Waals surface area contributed by atoms with Crippen molar-refractivity contribution in [1.82, 2.24) is 15.1 Å². The Bertz CT molecular complexity index is 1260. The van der Waals surface area contributed by atoms with Crippen LogP contribution in [0.25, 0.3) is 0 Å². The quantitative estimate of drug-likeness (QED) is 0.281. The topological polar surface area (TPSA) is 161 Å². The van der Waals surface area contributed by atoms with Gasteiger partial charge < -0.3 is 40.2 Å². The van der Waals surface area contributed by atoms with E-state index in [0.29, 0.717) is 25.1 Å². The lowest BCUT2D eigenvalue weighted by atomic mass is 9.85. The number of amides is 2. The number of methoxy groups -OCH3 is 2. The fourth-order valence-electron chi connectivity index (χ4n) is 5.47. The highest BCUT2D eigenvalue weighted by molar-refractivity contribution is 6.23. The highest BCUT2D eigenvalue weighted by Gasteiger charge is 2.35. The molecule has 0 saturated heterocycles. The van der Waals surface area contributed by atoms with Crippen molar-refractivity contribution in [1.29, 1.82) is 0 Å². The molecule has 1 aliphatic heterocycles. The summed E-state index contributed by atoms with van der Waals surface area (Å²) in [5, 5.41) is 14.5. The third-order valence-corrected chi connectivity index (χ3v) is 8.03. The Kier molecular flexibility index (Phi) is 14.4. The number of hydrogen-bond donors (Lipinski definition) is 3. The number of ketones is 2. The monoisotopic (exact) mass is 630 g/mol. The molecule has 0 saturated carbocycles. The van der Waals surface area contributed by atoms with Gasteiger partial charge in [0.1, 0.15) is 6.10 Å². The number of likely N-dealkylation sites (N-methyl/N-ethyl adjacent to an activating group) is 2. The van der Waals surface area contributed by atoms with Gasteiger partial charge in [-0.2, -0.15) is 0 Å². The minimum Gasteiger partial charge on any atom is -0.439 e. The van der Waals surface area contributed by atoms with Gasteiger partial charge in [0.05, 0.1) is 23.6 Å². The summed E-state index contributed by atoms with van der Waals surface area (Å²) >= 11 is 0. The SMILES string of the molecule is COC1/C=C\C=C(/C)C(=O)N(C)C2=CC(=O)C(NCCN(C)C)=C(CC(C)CC(OC)C(O)C(C)/C=C(\C)C1OC(N)=O)C2=O. The van der Waals surface area contributed by atoms with Crippen LogP contribution in [0.1, 0.15) is 40.5 Å². The summed E-state index contributed by atoms with van der Waals surface area (Å²) in [4.78, 5) is 55.7. The second-order valence-corrected chi connectivity index (χ2v) is 12.0. The van der Waals surface area contributed by atoms with Gasteiger partial charge in [0.25, 0.3) is 5.91 Å². The molecular weight excluding hydrogens is 580 g/mol. The molecule has 0 aromatic rings. The van der Waals surface area contributed by atoms with E-state index in [9.17, 15) is 24.3 Å². The lowest BCUT2D eigenvalue weighted by Crippen LogP contribution is -2.39. The summed E-state index contributed by atoms with van der Waals surface area (Å²) in [6, 6.07) is 0. The second kappa shape index (κ2) is 17.2. The second-order valence-electron chi connectivity index (χ2n) is 12.0. The zero-order valence-corrected chi connectivity index (χ0v) is 28.0. The molecule has 0 spiro atoms. The molecule has 0 aromatic carbocycles. The number of Topliss-reactive ketones (excluding diaryl/α,β-unsaturated/α-hetero) is 1. The van der Waals surface area contributed by atoms with Gasteiger partial charge in [0, 0.05) is 57.5 Å². The first-order chi connectivity index (χ1) is 21.1. The van der Waals surface area contributed by atoms with Gasteiger partial charge in [-0.05, 0) is 52.3 Å². The third kappa shape index (κ3) is 10.2. The number of carbonyl (C=O) groups excluding carboxylic acids is 4. The summed E-state index contributed by atoms with van der Waals surface area (Å²) in [7, 11) is 8.22. The van der Waals surface area contributed by atoms with Crippen LogP contribution in [0.2, 0.25) is 0 Å². The van der Waals surface area contributed by atoms with E-state index < -0.39 is 53.9 Å². The number of allylic oxidation sites excluding steroid dienone is 4. The van der Waals surface area contributed by atoms with E-state index in [2.05, 4.69) is 5.32 Å². The molecule has 0 fully saturated rings. The van der Waals surface area contributed by atoms with Crippen molar-refractivity contribution in [2.45, 2.75) is 65.0 Å². The van der Waals surface area contributed by atoms with Crippen LogP contribution in [0.3, 0.4) is 0 Å². The molecule has 45 heavy (non-hydrogen) atoms. The molecule has 4 N–H and O–H groups in total. The van der Waals surface area contributed by atoms with Gasteiger partial charge in [0.15, 0.2) is 6.10 Å². The van der Waals surface area contributed by atoms with E-state index in [4.69, 9.17) is 19.9 Å². The number of nitrogens with zero attached hydrogens (tertiary/aromatic N) is 2. The first-order valence-electron chi connectivity index (χ1n) is 15.1. The van der Waals surface area contributed by atoms with Crippen LogP contribution in [-0.4, -0.2) is 111 Å². The molecule has 6 unspecified atom stereocenters. The number of aliphatic hydroxyl groups excluding tert-OH is 1. The Morgan fingerprint density at radius 1 is 1.16 bits per heavy atom. The van der Waals surface area contributed by atoms with Crippen LogP contribution in [0.4, 0.5) is 4.79 Å². The molecule has 12 heteroatoms. The summed E-state index contributed by atoms with van der Waals surface area (Å²) in [6.07, 6.45) is 4.02. The van der Waals surface area contributed by atoms with E-state index in [1.54, 1.807) is 32.1 Å². The van der Waals surface area contributed by atoms with Crippen molar-refractivity contribution in [3.05, 3.63) is 58.5 Å². The Balaban J connectivity index is 2.66. The van der Waals surface area contributed by atoms with E-state index in [1.165, 1.54) is 38.3 Å². The number of fused-ring (bicyclic) bond motifs is 2. The average molecular weight is 631 g/mol. The Morgan fingerprint density at radius 3 is 2.40 bits per heavy atom. The van der Waals surface area contributed by atoms with Crippen LogP contribution in [-0.2, 0) is 28.6 Å². The summed E-state index contributed by atoms with van der Waals surface area (Å²) < 4.78 is 16.7. The fraction of sp³-hybridized carbons (Fsp3) is 0.576. The predicted molar refractivity (Wildman–Crippen MR) is 171 cm³/mol. The number of nitrogens with two attached hydrogens (primary N) is 1. The molecule has 0 radical (unpaired) electrons. The molecule has 2 bridgehead atoms. The number of carbonyl (C=O) groups is 4. The third-order valence-electron chi connectivity index (χ3n) is 8.03. The predicted octanol–water partition coefficient (Wildman–Crippen LogP) is 2.26. The molecule has 6 atom stereocenters. The van der Waals surface area contributed by atoms with Crippen molar-refractivity contribution < 1.29 is 38.5 Å². The normalized spacial score (nSPS) is 30.8. The molecule has 1 aliphatic carbocycles. The van der Waals surface area contributed by atoms with Crippen LogP contribution in [0, 0.1) is 11.8 Å². The molecule has 1 heterocycles. The highest BCUT2D eigenvalue weighted by atomic mass is 16.6. The number of primary amides is 1. The molecule has 2 aliphatic rings. The van der Waals surface area contributed by atoms with E-state index in [1.807, 2.05) is 32.8 Å². The first kappa shape index (κ1) is 37.6. The summed E-state index contributed by atoms with van der Waals surface area (Å²) in [6.45, 7) is 8.15. The largest absolute Gasteiger partial charge is 0.439 e. The van der Waals surface area contributed by atoms with E-state index in [-0.39, 0.29) is 34.9 Å².